The van der Waals surface area contributed by atoms with Gasteiger partial charge in [-0.25, -0.2) is 4.98 Å². The zero-order valence-corrected chi connectivity index (χ0v) is 12.6. The molecule has 0 aromatic carbocycles. The molecule has 0 spiro atoms. The molecule has 3 nitrogen and oxygen atoms in total. The van der Waals surface area contributed by atoms with Crippen molar-refractivity contribution in [2.45, 2.75) is 39.3 Å². The lowest BCUT2D eigenvalue weighted by Gasteiger charge is -2.31. The van der Waals surface area contributed by atoms with Crippen molar-refractivity contribution in [3.05, 3.63) is 18.2 Å². The Morgan fingerprint density at radius 1 is 1.39 bits per heavy atom. The topological polar surface area (TPSA) is 21.1 Å². The monoisotopic (exact) mass is 267 g/mol. The Bertz CT molecular complexity index is 354. The van der Waals surface area contributed by atoms with Gasteiger partial charge in [-0.05, 0) is 57.7 Å². The minimum atomic E-state index is 0.511. The van der Waals surface area contributed by atoms with Gasteiger partial charge < -0.3 is 4.57 Å². The minimum absolute atomic E-state index is 0.511. The molecule has 0 aliphatic carbocycles. The summed E-state index contributed by atoms with van der Waals surface area (Å²) in [5.74, 6) is 3.48. The lowest BCUT2D eigenvalue weighted by molar-refractivity contribution is 0.180. The maximum absolute atomic E-state index is 4.50. The second kappa shape index (κ2) is 6.62. The maximum atomic E-state index is 4.50. The first kappa shape index (κ1) is 13.9. The zero-order valence-electron chi connectivity index (χ0n) is 11.8. The molecule has 102 valence electrons. The van der Waals surface area contributed by atoms with E-state index in [9.17, 15) is 0 Å². The highest BCUT2D eigenvalue weighted by molar-refractivity contribution is 7.98. The summed E-state index contributed by atoms with van der Waals surface area (Å²) in [5.41, 5.74) is 0. The van der Waals surface area contributed by atoms with Crippen LogP contribution in [0.5, 0.6) is 0 Å². The Hall–Kier alpha value is -0.480. The summed E-state index contributed by atoms with van der Waals surface area (Å²) in [7, 11) is 0. The Labute approximate surface area is 115 Å². The van der Waals surface area contributed by atoms with Crippen LogP contribution in [-0.4, -0.2) is 39.5 Å². The van der Waals surface area contributed by atoms with Crippen molar-refractivity contribution in [1.82, 2.24) is 14.5 Å². The van der Waals surface area contributed by atoms with Gasteiger partial charge in [0.2, 0.25) is 0 Å². The van der Waals surface area contributed by atoms with Gasteiger partial charge in [0.15, 0.2) is 0 Å². The molecule has 2 heterocycles. The standard InChI is InChI=1S/C14H25N3S/c1-12(2)17-9-6-15-14(17)10-16-7-4-13(5-8-16)11-18-3/h6,9,12-13H,4-5,7-8,10-11H2,1-3H3. The highest BCUT2D eigenvalue weighted by atomic mass is 32.2. The zero-order chi connectivity index (χ0) is 13.0. The molecular formula is C14H25N3S. The highest BCUT2D eigenvalue weighted by Crippen LogP contribution is 2.22. The van der Waals surface area contributed by atoms with Gasteiger partial charge in [-0.1, -0.05) is 0 Å². The molecule has 1 aromatic rings. The van der Waals surface area contributed by atoms with E-state index < -0.39 is 0 Å². The van der Waals surface area contributed by atoms with Crippen molar-refractivity contribution in [2.75, 3.05) is 25.1 Å². The average molecular weight is 267 g/mol. The van der Waals surface area contributed by atoms with Gasteiger partial charge in [0.1, 0.15) is 5.82 Å². The number of imidazole rings is 1. The quantitative estimate of drug-likeness (QED) is 0.818. The van der Waals surface area contributed by atoms with E-state index in [1.165, 1.54) is 37.5 Å². The molecule has 1 saturated heterocycles. The van der Waals surface area contributed by atoms with Crippen LogP contribution < -0.4 is 0 Å². The third-order valence-corrected chi connectivity index (χ3v) is 4.58. The first-order valence-electron chi connectivity index (χ1n) is 6.93. The average Bonchev–Trinajstić information content (AvgIpc) is 2.80. The van der Waals surface area contributed by atoms with Crippen LogP contribution in [0.15, 0.2) is 12.4 Å². The summed E-state index contributed by atoms with van der Waals surface area (Å²) in [4.78, 5) is 7.06. The molecule has 1 aromatic heterocycles. The molecule has 0 amide bonds. The number of hydrogen-bond donors (Lipinski definition) is 0. The molecule has 1 aliphatic heterocycles. The molecule has 1 fully saturated rings. The SMILES string of the molecule is CSCC1CCN(Cc2nccn2C(C)C)CC1. The number of hydrogen-bond acceptors (Lipinski definition) is 3. The largest absolute Gasteiger partial charge is 0.331 e. The van der Waals surface area contributed by atoms with Crippen LogP contribution in [0.2, 0.25) is 0 Å². The summed E-state index contributed by atoms with van der Waals surface area (Å²) >= 11 is 1.99. The summed E-state index contributed by atoms with van der Waals surface area (Å²) in [6.07, 6.45) is 8.94. The van der Waals surface area contributed by atoms with Crippen molar-refractivity contribution >= 4 is 11.8 Å². The van der Waals surface area contributed by atoms with Crippen molar-refractivity contribution in [1.29, 1.82) is 0 Å². The summed E-state index contributed by atoms with van der Waals surface area (Å²) in [6, 6.07) is 0.511. The second-order valence-corrected chi connectivity index (χ2v) is 6.43. The van der Waals surface area contributed by atoms with Crippen molar-refractivity contribution in [3.63, 3.8) is 0 Å². The fraction of sp³-hybridized carbons (Fsp3) is 0.786. The predicted molar refractivity (Wildman–Crippen MR) is 79.0 cm³/mol. The van der Waals surface area contributed by atoms with Crippen LogP contribution in [0.1, 0.15) is 38.6 Å². The molecule has 2 rings (SSSR count). The molecule has 18 heavy (non-hydrogen) atoms. The lowest BCUT2D eigenvalue weighted by Crippen LogP contribution is -2.34. The normalized spacial score (nSPS) is 18.7. The molecule has 0 saturated carbocycles. The number of aromatic nitrogens is 2. The number of thioether (sulfide) groups is 1. The second-order valence-electron chi connectivity index (χ2n) is 5.52. The van der Waals surface area contributed by atoms with Crippen LogP contribution >= 0.6 is 11.8 Å². The summed E-state index contributed by atoms with van der Waals surface area (Å²) < 4.78 is 2.29. The molecule has 0 atom stereocenters. The molecule has 0 bridgehead atoms. The predicted octanol–water partition coefficient (Wildman–Crippen LogP) is 3.04. The Morgan fingerprint density at radius 3 is 2.72 bits per heavy atom. The van der Waals surface area contributed by atoms with Crippen molar-refractivity contribution in [2.24, 2.45) is 5.92 Å². The highest BCUT2D eigenvalue weighted by Gasteiger charge is 2.20. The van der Waals surface area contributed by atoms with Crippen LogP contribution in [0.4, 0.5) is 0 Å². The van der Waals surface area contributed by atoms with E-state index in [0.717, 1.165) is 12.5 Å². The minimum Gasteiger partial charge on any atom is -0.331 e. The summed E-state index contributed by atoms with van der Waals surface area (Å²) in [5, 5.41) is 0. The maximum Gasteiger partial charge on any atom is 0.123 e. The third-order valence-electron chi connectivity index (χ3n) is 3.78. The van der Waals surface area contributed by atoms with E-state index >= 15 is 0 Å². The Kier molecular flexibility index (Phi) is 5.13. The molecule has 1 aliphatic rings. The van der Waals surface area contributed by atoms with Gasteiger partial charge in [-0.3, -0.25) is 4.90 Å². The van der Waals surface area contributed by atoms with Crippen LogP contribution in [-0.2, 0) is 6.54 Å². The first-order chi connectivity index (χ1) is 8.70. The molecule has 4 heteroatoms. The van der Waals surface area contributed by atoms with Gasteiger partial charge in [-0.15, -0.1) is 0 Å². The first-order valence-corrected chi connectivity index (χ1v) is 8.33. The van der Waals surface area contributed by atoms with Crippen LogP contribution in [0, 0.1) is 5.92 Å². The fourth-order valence-electron chi connectivity index (χ4n) is 2.68. The van der Waals surface area contributed by atoms with Gasteiger partial charge >= 0.3 is 0 Å². The van der Waals surface area contributed by atoms with E-state index in [1.807, 2.05) is 18.0 Å². The summed E-state index contributed by atoms with van der Waals surface area (Å²) in [6.45, 7) is 7.91. The third kappa shape index (κ3) is 3.51. The molecule has 0 N–H and O–H groups in total. The van der Waals surface area contributed by atoms with Crippen molar-refractivity contribution < 1.29 is 0 Å². The number of piperidine rings is 1. The van der Waals surface area contributed by atoms with E-state index in [-0.39, 0.29) is 0 Å². The van der Waals surface area contributed by atoms with E-state index in [2.05, 4.69) is 40.8 Å². The number of likely N-dealkylation sites (tertiary alicyclic amines) is 1. The molecular weight excluding hydrogens is 242 g/mol. The van der Waals surface area contributed by atoms with E-state index in [4.69, 9.17) is 0 Å². The van der Waals surface area contributed by atoms with Crippen LogP contribution in [0.25, 0.3) is 0 Å². The van der Waals surface area contributed by atoms with Crippen molar-refractivity contribution in [3.8, 4) is 0 Å². The Morgan fingerprint density at radius 2 is 2.11 bits per heavy atom. The smallest absolute Gasteiger partial charge is 0.123 e. The van der Waals surface area contributed by atoms with Gasteiger partial charge in [0.05, 0.1) is 6.54 Å². The van der Waals surface area contributed by atoms with Gasteiger partial charge in [-0.2, -0.15) is 11.8 Å². The number of rotatable bonds is 5. The Balaban J connectivity index is 1.86. The molecule has 0 unspecified atom stereocenters. The van der Waals surface area contributed by atoms with Gasteiger partial charge in [0, 0.05) is 18.4 Å². The van der Waals surface area contributed by atoms with E-state index in [1.54, 1.807) is 0 Å². The van der Waals surface area contributed by atoms with E-state index in [0.29, 0.717) is 6.04 Å². The fourth-order valence-corrected chi connectivity index (χ4v) is 3.49. The number of nitrogens with zero attached hydrogens (tertiary/aromatic N) is 3. The van der Waals surface area contributed by atoms with Crippen LogP contribution in [0.3, 0.4) is 0 Å². The molecule has 0 radical (unpaired) electrons. The van der Waals surface area contributed by atoms with Gasteiger partial charge in [0.25, 0.3) is 0 Å². The lowest BCUT2D eigenvalue weighted by atomic mass is 9.99.